The molecule has 0 spiro atoms. The van der Waals surface area contributed by atoms with Crippen LogP contribution in [0.1, 0.15) is 25.5 Å². The van der Waals surface area contributed by atoms with Crippen molar-refractivity contribution in [1.82, 2.24) is 4.57 Å². The van der Waals surface area contributed by atoms with Crippen molar-refractivity contribution in [3.8, 4) is 0 Å². The quantitative estimate of drug-likeness (QED) is 0.855. The van der Waals surface area contributed by atoms with Crippen molar-refractivity contribution in [3.63, 3.8) is 0 Å². The number of aromatic nitrogens is 1. The van der Waals surface area contributed by atoms with Crippen molar-refractivity contribution in [2.75, 3.05) is 13.2 Å². The van der Waals surface area contributed by atoms with Crippen molar-refractivity contribution < 1.29 is 9.53 Å². The fourth-order valence-electron chi connectivity index (χ4n) is 3.07. The van der Waals surface area contributed by atoms with E-state index in [-0.39, 0.29) is 5.78 Å². The van der Waals surface area contributed by atoms with Crippen molar-refractivity contribution in [2.45, 2.75) is 32.7 Å². The van der Waals surface area contributed by atoms with Crippen LogP contribution < -0.4 is 0 Å². The first-order valence-electron chi connectivity index (χ1n) is 7.38. The molecule has 3 heteroatoms. The van der Waals surface area contributed by atoms with Gasteiger partial charge in [0.15, 0.2) is 0 Å². The van der Waals surface area contributed by atoms with Gasteiger partial charge in [-0.2, -0.15) is 0 Å². The van der Waals surface area contributed by atoms with Gasteiger partial charge in [-0.3, -0.25) is 4.79 Å². The SMILES string of the molecule is CC(=O)Cc1cc2ccccc2n1CC1CCOCC1. The molecule has 1 aromatic carbocycles. The van der Waals surface area contributed by atoms with E-state index in [4.69, 9.17) is 4.74 Å². The molecule has 3 nitrogen and oxygen atoms in total. The Morgan fingerprint density at radius 1 is 1.30 bits per heavy atom. The van der Waals surface area contributed by atoms with Gasteiger partial charge in [0.1, 0.15) is 5.78 Å². The van der Waals surface area contributed by atoms with Crippen LogP contribution in [-0.2, 0) is 22.5 Å². The topological polar surface area (TPSA) is 31.2 Å². The minimum atomic E-state index is 0.223. The molecule has 1 aliphatic rings. The normalized spacial score (nSPS) is 16.6. The van der Waals surface area contributed by atoms with Crippen molar-refractivity contribution >= 4 is 16.7 Å². The van der Waals surface area contributed by atoms with E-state index in [0.29, 0.717) is 12.3 Å². The highest BCUT2D eigenvalue weighted by Gasteiger charge is 2.17. The first-order chi connectivity index (χ1) is 9.74. The average Bonchev–Trinajstić information content (AvgIpc) is 2.77. The number of carbonyl (C=O) groups excluding carboxylic acids is 1. The van der Waals surface area contributed by atoms with E-state index in [1.807, 2.05) is 0 Å². The summed E-state index contributed by atoms with van der Waals surface area (Å²) in [7, 11) is 0. The van der Waals surface area contributed by atoms with Gasteiger partial charge in [0.25, 0.3) is 0 Å². The molecule has 0 atom stereocenters. The lowest BCUT2D eigenvalue weighted by molar-refractivity contribution is -0.116. The van der Waals surface area contributed by atoms with E-state index in [1.165, 1.54) is 10.9 Å². The number of hydrogen-bond donors (Lipinski definition) is 0. The molecular formula is C17H21NO2. The molecule has 1 aliphatic heterocycles. The second-order valence-electron chi connectivity index (χ2n) is 5.74. The second kappa shape index (κ2) is 5.80. The molecule has 1 saturated heterocycles. The highest BCUT2D eigenvalue weighted by Crippen LogP contribution is 2.25. The van der Waals surface area contributed by atoms with E-state index < -0.39 is 0 Å². The van der Waals surface area contributed by atoms with Gasteiger partial charge in [0.05, 0.1) is 0 Å². The molecule has 106 valence electrons. The lowest BCUT2D eigenvalue weighted by Crippen LogP contribution is -2.21. The molecule has 0 N–H and O–H groups in total. The predicted octanol–water partition coefficient (Wildman–Crippen LogP) is 3.20. The molecule has 0 saturated carbocycles. The largest absolute Gasteiger partial charge is 0.381 e. The molecule has 2 heterocycles. The first kappa shape index (κ1) is 13.4. The van der Waals surface area contributed by atoms with Crippen LogP contribution in [0.3, 0.4) is 0 Å². The summed E-state index contributed by atoms with van der Waals surface area (Å²) in [6.45, 7) is 4.40. The van der Waals surface area contributed by atoms with Crippen LogP contribution in [0.5, 0.6) is 0 Å². The van der Waals surface area contributed by atoms with Crippen LogP contribution in [0.2, 0.25) is 0 Å². The Morgan fingerprint density at radius 3 is 2.80 bits per heavy atom. The summed E-state index contributed by atoms with van der Waals surface area (Å²) in [6.07, 6.45) is 2.76. The maximum Gasteiger partial charge on any atom is 0.135 e. The number of nitrogens with zero attached hydrogens (tertiary/aromatic N) is 1. The van der Waals surface area contributed by atoms with Crippen LogP contribution in [0, 0.1) is 5.92 Å². The summed E-state index contributed by atoms with van der Waals surface area (Å²) in [5.41, 5.74) is 2.39. The van der Waals surface area contributed by atoms with Gasteiger partial charge < -0.3 is 9.30 Å². The number of benzene rings is 1. The maximum atomic E-state index is 11.5. The number of fused-ring (bicyclic) bond motifs is 1. The second-order valence-corrected chi connectivity index (χ2v) is 5.74. The summed E-state index contributed by atoms with van der Waals surface area (Å²) in [6, 6.07) is 10.6. The molecule has 0 aliphatic carbocycles. The number of ether oxygens (including phenoxy) is 1. The number of rotatable bonds is 4. The molecule has 0 radical (unpaired) electrons. The van der Waals surface area contributed by atoms with E-state index in [0.717, 1.165) is 38.3 Å². The number of hydrogen-bond acceptors (Lipinski definition) is 2. The van der Waals surface area contributed by atoms with Gasteiger partial charge in [0, 0.05) is 37.4 Å². The van der Waals surface area contributed by atoms with Gasteiger partial charge in [-0.25, -0.2) is 0 Å². The Labute approximate surface area is 119 Å². The fourth-order valence-corrected chi connectivity index (χ4v) is 3.07. The number of para-hydroxylation sites is 1. The number of carbonyl (C=O) groups is 1. The molecule has 20 heavy (non-hydrogen) atoms. The Kier molecular flexibility index (Phi) is 3.88. The van der Waals surface area contributed by atoms with Crippen LogP contribution in [0.15, 0.2) is 30.3 Å². The molecule has 0 unspecified atom stereocenters. The van der Waals surface area contributed by atoms with Gasteiger partial charge in [-0.05, 0) is 43.2 Å². The monoisotopic (exact) mass is 271 g/mol. The molecule has 2 aromatic rings. The number of Topliss-reactive ketones (excluding diaryl/α,β-unsaturated/α-hetero) is 1. The zero-order valence-electron chi connectivity index (χ0n) is 12.0. The average molecular weight is 271 g/mol. The molecule has 1 aromatic heterocycles. The Balaban J connectivity index is 1.94. The summed E-state index contributed by atoms with van der Waals surface area (Å²) < 4.78 is 7.78. The molecule has 3 rings (SSSR count). The minimum absolute atomic E-state index is 0.223. The highest BCUT2D eigenvalue weighted by molar-refractivity contribution is 5.84. The van der Waals surface area contributed by atoms with Gasteiger partial charge in [0.2, 0.25) is 0 Å². The lowest BCUT2D eigenvalue weighted by Gasteiger charge is -2.24. The predicted molar refractivity (Wildman–Crippen MR) is 79.9 cm³/mol. The van der Waals surface area contributed by atoms with E-state index in [9.17, 15) is 4.79 Å². The van der Waals surface area contributed by atoms with E-state index >= 15 is 0 Å². The highest BCUT2D eigenvalue weighted by atomic mass is 16.5. The standard InChI is InChI=1S/C17H21NO2/c1-13(19)10-16-11-15-4-2-3-5-17(15)18(16)12-14-6-8-20-9-7-14/h2-5,11,14H,6-10,12H2,1H3. The van der Waals surface area contributed by atoms with E-state index in [2.05, 4.69) is 34.9 Å². The van der Waals surface area contributed by atoms with Crippen LogP contribution in [-0.4, -0.2) is 23.6 Å². The van der Waals surface area contributed by atoms with Crippen LogP contribution >= 0.6 is 0 Å². The summed E-state index contributed by atoms with van der Waals surface area (Å²) in [5.74, 6) is 0.881. The Bertz CT molecular complexity index is 608. The third-order valence-electron chi connectivity index (χ3n) is 4.11. The molecule has 0 amide bonds. The first-order valence-corrected chi connectivity index (χ1v) is 7.38. The van der Waals surface area contributed by atoms with Crippen molar-refractivity contribution in [1.29, 1.82) is 0 Å². The third-order valence-corrected chi connectivity index (χ3v) is 4.11. The smallest absolute Gasteiger partial charge is 0.135 e. The Hall–Kier alpha value is -1.61. The number of ketones is 1. The third kappa shape index (κ3) is 2.78. The van der Waals surface area contributed by atoms with Gasteiger partial charge in [-0.1, -0.05) is 18.2 Å². The van der Waals surface area contributed by atoms with E-state index in [1.54, 1.807) is 6.92 Å². The Morgan fingerprint density at radius 2 is 2.05 bits per heavy atom. The minimum Gasteiger partial charge on any atom is -0.381 e. The van der Waals surface area contributed by atoms with Crippen molar-refractivity contribution in [3.05, 3.63) is 36.0 Å². The van der Waals surface area contributed by atoms with Crippen molar-refractivity contribution in [2.24, 2.45) is 5.92 Å². The van der Waals surface area contributed by atoms with Gasteiger partial charge >= 0.3 is 0 Å². The lowest BCUT2D eigenvalue weighted by atomic mass is 10.00. The summed E-state index contributed by atoms with van der Waals surface area (Å²) in [4.78, 5) is 11.5. The molecule has 0 bridgehead atoms. The molecule has 1 fully saturated rings. The zero-order valence-corrected chi connectivity index (χ0v) is 12.0. The summed E-state index contributed by atoms with van der Waals surface area (Å²) in [5, 5.41) is 1.23. The fraction of sp³-hybridized carbons (Fsp3) is 0.471. The molecular weight excluding hydrogens is 250 g/mol. The summed E-state index contributed by atoms with van der Waals surface area (Å²) >= 11 is 0. The van der Waals surface area contributed by atoms with Crippen LogP contribution in [0.25, 0.3) is 10.9 Å². The zero-order chi connectivity index (χ0) is 13.9. The van der Waals surface area contributed by atoms with Gasteiger partial charge in [-0.15, -0.1) is 0 Å². The van der Waals surface area contributed by atoms with Crippen LogP contribution in [0.4, 0.5) is 0 Å². The maximum absolute atomic E-state index is 11.5.